The lowest BCUT2D eigenvalue weighted by Gasteiger charge is -2.31. The summed E-state index contributed by atoms with van der Waals surface area (Å²) in [5, 5.41) is 12.3. The van der Waals surface area contributed by atoms with Crippen LogP contribution in [0, 0.1) is 11.8 Å². The Bertz CT molecular complexity index is 578. The van der Waals surface area contributed by atoms with Crippen molar-refractivity contribution < 1.29 is 9.90 Å². The molecular weight excluding hydrogens is 314 g/mol. The van der Waals surface area contributed by atoms with Crippen LogP contribution >= 0.6 is 0 Å². The van der Waals surface area contributed by atoms with Crippen molar-refractivity contribution in [3.05, 3.63) is 35.4 Å². The predicted molar refractivity (Wildman–Crippen MR) is 99.1 cm³/mol. The van der Waals surface area contributed by atoms with E-state index in [4.69, 9.17) is 0 Å². The van der Waals surface area contributed by atoms with Crippen LogP contribution in [-0.4, -0.2) is 53.7 Å². The minimum absolute atomic E-state index is 0.0163. The number of hydrogen-bond acceptors (Lipinski definition) is 3. The van der Waals surface area contributed by atoms with E-state index in [2.05, 4.69) is 35.3 Å². The van der Waals surface area contributed by atoms with Gasteiger partial charge < -0.3 is 15.3 Å². The molecular formula is C20H31N3O2. The van der Waals surface area contributed by atoms with Crippen molar-refractivity contribution in [2.45, 2.75) is 39.3 Å². The molecule has 5 nitrogen and oxygen atoms in total. The van der Waals surface area contributed by atoms with Gasteiger partial charge in [-0.25, -0.2) is 4.79 Å². The molecule has 0 saturated carbocycles. The summed E-state index contributed by atoms with van der Waals surface area (Å²) in [6.07, 6.45) is 3.51. The minimum atomic E-state index is -0.0163. The highest BCUT2D eigenvalue weighted by atomic mass is 16.3. The number of piperidine rings is 1. The Morgan fingerprint density at radius 2 is 2.00 bits per heavy atom. The quantitative estimate of drug-likeness (QED) is 0.862. The van der Waals surface area contributed by atoms with Gasteiger partial charge in [-0.15, -0.1) is 0 Å². The molecule has 1 aromatic carbocycles. The van der Waals surface area contributed by atoms with Crippen LogP contribution in [-0.2, 0) is 13.1 Å². The number of amides is 2. The van der Waals surface area contributed by atoms with Gasteiger partial charge in [0.1, 0.15) is 0 Å². The lowest BCUT2D eigenvalue weighted by atomic mass is 9.99. The molecule has 0 spiro atoms. The van der Waals surface area contributed by atoms with Crippen LogP contribution in [0.3, 0.4) is 0 Å². The van der Waals surface area contributed by atoms with Crippen LogP contribution in [0.4, 0.5) is 4.79 Å². The van der Waals surface area contributed by atoms with Crippen LogP contribution in [0.1, 0.15) is 37.3 Å². The third-order valence-electron chi connectivity index (χ3n) is 5.51. The zero-order chi connectivity index (χ0) is 17.6. The topological polar surface area (TPSA) is 55.8 Å². The lowest BCUT2D eigenvalue weighted by Crippen LogP contribution is -2.38. The summed E-state index contributed by atoms with van der Waals surface area (Å²) in [6, 6.07) is 8.40. The molecule has 0 radical (unpaired) electrons. The molecule has 138 valence electrons. The highest BCUT2D eigenvalue weighted by Gasteiger charge is 2.25. The molecule has 0 aromatic heterocycles. The fraction of sp³-hybridized carbons (Fsp3) is 0.650. The highest BCUT2D eigenvalue weighted by Crippen LogP contribution is 2.20. The number of carbonyl (C=O) groups is 1. The first kappa shape index (κ1) is 18.2. The van der Waals surface area contributed by atoms with Crippen molar-refractivity contribution in [2.24, 2.45) is 11.8 Å². The Hall–Kier alpha value is -1.59. The van der Waals surface area contributed by atoms with Gasteiger partial charge in [0.25, 0.3) is 0 Å². The Labute approximate surface area is 151 Å². The smallest absolute Gasteiger partial charge is 0.317 e. The van der Waals surface area contributed by atoms with E-state index in [0.717, 1.165) is 32.0 Å². The molecule has 2 atom stereocenters. The minimum Gasteiger partial charge on any atom is -0.396 e. The van der Waals surface area contributed by atoms with Gasteiger partial charge in [0.2, 0.25) is 0 Å². The van der Waals surface area contributed by atoms with Gasteiger partial charge in [0.15, 0.2) is 0 Å². The monoisotopic (exact) mass is 345 g/mol. The second-order valence-corrected chi connectivity index (χ2v) is 7.69. The van der Waals surface area contributed by atoms with E-state index < -0.39 is 0 Å². The maximum atomic E-state index is 12.3. The van der Waals surface area contributed by atoms with E-state index in [1.807, 2.05) is 11.0 Å². The maximum absolute atomic E-state index is 12.3. The largest absolute Gasteiger partial charge is 0.396 e. The number of hydrogen-bond donors (Lipinski definition) is 2. The number of rotatable bonds is 5. The first-order chi connectivity index (χ1) is 12.2. The van der Waals surface area contributed by atoms with Gasteiger partial charge in [-0.05, 0) is 42.9 Å². The van der Waals surface area contributed by atoms with Crippen LogP contribution < -0.4 is 5.32 Å². The SMILES string of the molecule is CC1CCCN(Cc2ccccc2CNC(=O)N2CCC(CO)C2)C1. The van der Waals surface area contributed by atoms with Gasteiger partial charge >= 0.3 is 6.03 Å². The maximum Gasteiger partial charge on any atom is 0.317 e. The molecule has 3 rings (SSSR count). The first-order valence-corrected chi connectivity index (χ1v) is 9.58. The second-order valence-electron chi connectivity index (χ2n) is 7.69. The highest BCUT2D eigenvalue weighted by molar-refractivity contribution is 5.74. The third-order valence-corrected chi connectivity index (χ3v) is 5.51. The van der Waals surface area contributed by atoms with Crippen LogP contribution in [0.15, 0.2) is 24.3 Å². The van der Waals surface area contributed by atoms with Gasteiger partial charge in [0, 0.05) is 45.2 Å². The Kier molecular flexibility index (Phi) is 6.32. The molecule has 2 aliphatic rings. The van der Waals surface area contributed by atoms with Crippen molar-refractivity contribution in [2.75, 3.05) is 32.8 Å². The third kappa shape index (κ3) is 4.95. The summed E-state index contributed by atoms with van der Waals surface area (Å²) in [5.41, 5.74) is 2.51. The Balaban J connectivity index is 1.55. The van der Waals surface area contributed by atoms with Crippen molar-refractivity contribution in [1.82, 2.24) is 15.1 Å². The van der Waals surface area contributed by atoms with E-state index in [1.165, 1.54) is 30.5 Å². The van der Waals surface area contributed by atoms with Gasteiger partial charge in [-0.2, -0.15) is 0 Å². The summed E-state index contributed by atoms with van der Waals surface area (Å²) in [7, 11) is 0. The molecule has 2 unspecified atom stereocenters. The number of nitrogens with one attached hydrogen (secondary N) is 1. The molecule has 1 aromatic rings. The molecule has 2 fully saturated rings. The number of aliphatic hydroxyl groups is 1. The van der Waals surface area contributed by atoms with Crippen molar-refractivity contribution in [1.29, 1.82) is 0 Å². The van der Waals surface area contributed by atoms with Gasteiger partial charge in [0.05, 0.1) is 0 Å². The fourth-order valence-electron chi connectivity index (χ4n) is 4.00. The number of aliphatic hydroxyl groups excluding tert-OH is 1. The number of benzene rings is 1. The summed E-state index contributed by atoms with van der Waals surface area (Å²) in [6.45, 7) is 7.76. The molecule has 0 bridgehead atoms. The number of likely N-dealkylation sites (tertiary alicyclic amines) is 2. The van der Waals surface area contributed by atoms with Crippen molar-refractivity contribution in [3.8, 4) is 0 Å². The average Bonchev–Trinajstić information content (AvgIpc) is 3.10. The normalized spacial score (nSPS) is 24.5. The van der Waals surface area contributed by atoms with E-state index in [-0.39, 0.29) is 18.6 Å². The summed E-state index contributed by atoms with van der Waals surface area (Å²) in [4.78, 5) is 16.7. The summed E-state index contributed by atoms with van der Waals surface area (Å²) >= 11 is 0. The van der Waals surface area contributed by atoms with E-state index in [0.29, 0.717) is 13.1 Å². The molecule has 2 aliphatic heterocycles. The van der Waals surface area contributed by atoms with Crippen LogP contribution in [0.5, 0.6) is 0 Å². The molecule has 5 heteroatoms. The molecule has 2 amide bonds. The predicted octanol–water partition coefficient (Wildman–Crippen LogP) is 2.44. The summed E-state index contributed by atoms with van der Waals surface area (Å²) in [5.74, 6) is 1.01. The average molecular weight is 345 g/mol. The van der Waals surface area contributed by atoms with E-state index >= 15 is 0 Å². The number of urea groups is 1. The fourth-order valence-corrected chi connectivity index (χ4v) is 4.00. The molecule has 2 N–H and O–H groups in total. The standard InChI is InChI=1S/C20H31N3O2/c1-16-5-4-9-22(12-16)14-19-7-3-2-6-18(19)11-21-20(25)23-10-8-17(13-23)15-24/h2-3,6-7,16-17,24H,4-5,8-15H2,1H3,(H,21,25). The van der Waals surface area contributed by atoms with Crippen molar-refractivity contribution >= 4 is 6.03 Å². The van der Waals surface area contributed by atoms with E-state index in [9.17, 15) is 9.90 Å². The Morgan fingerprint density at radius 1 is 1.20 bits per heavy atom. The van der Waals surface area contributed by atoms with Gasteiger partial charge in [-0.1, -0.05) is 31.2 Å². The zero-order valence-corrected chi connectivity index (χ0v) is 15.3. The lowest BCUT2D eigenvalue weighted by molar-refractivity contribution is 0.176. The number of carbonyl (C=O) groups excluding carboxylic acids is 1. The molecule has 2 heterocycles. The van der Waals surface area contributed by atoms with Crippen molar-refractivity contribution in [3.63, 3.8) is 0 Å². The number of nitrogens with zero attached hydrogens (tertiary/aromatic N) is 2. The molecule has 25 heavy (non-hydrogen) atoms. The molecule has 2 saturated heterocycles. The molecule has 0 aliphatic carbocycles. The summed E-state index contributed by atoms with van der Waals surface area (Å²) < 4.78 is 0. The Morgan fingerprint density at radius 3 is 2.72 bits per heavy atom. The van der Waals surface area contributed by atoms with E-state index in [1.54, 1.807) is 0 Å². The first-order valence-electron chi connectivity index (χ1n) is 9.58. The van der Waals surface area contributed by atoms with Gasteiger partial charge in [-0.3, -0.25) is 4.90 Å². The zero-order valence-electron chi connectivity index (χ0n) is 15.3. The van der Waals surface area contributed by atoms with Crippen LogP contribution in [0.2, 0.25) is 0 Å². The van der Waals surface area contributed by atoms with Crippen LogP contribution in [0.25, 0.3) is 0 Å². The second kappa shape index (κ2) is 8.68.